The van der Waals surface area contributed by atoms with Gasteiger partial charge in [-0.3, -0.25) is 9.48 Å². The van der Waals surface area contributed by atoms with Gasteiger partial charge in [-0.1, -0.05) is 47.5 Å². The Morgan fingerprint density at radius 1 is 0.962 bits per heavy atom. The third-order valence-electron chi connectivity index (χ3n) is 4.70. The normalized spacial score (nSPS) is 10.8. The molecule has 3 rings (SSSR count). The molecule has 0 atom stereocenters. The molecule has 4 nitrogen and oxygen atoms in total. The molecule has 26 heavy (non-hydrogen) atoms. The number of benzene rings is 2. The molecule has 0 unspecified atom stereocenters. The number of aryl methyl sites for hydroxylation is 4. The average Bonchev–Trinajstić information content (AvgIpc) is 2.84. The SMILES string of the molecule is Cc1ccc(Cn2nc(C)c(NC(=O)c3ccc(C)cc3C)c2C)cc1. The van der Waals surface area contributed by atoms with E-state index in [9.17, 15) is 4.79 Å². The Kier molecular flexibility index (Phi) is 4.94. The highest BCUT2D eigenvalue weighted by Gasteiger charge is 2.16. The summed E-state index contributed by atoms with van der Waals surface area (Å²) >= 11 is 0. The van der Waals surface area contributed by atoms with Gasteiger partial charge in [0.05, 0.1) is 23.6 Å². The Balaban J connectivity index is 1.83. The van der Waals surface area contributed by atoms with Gasteiger partial charge in [0, 0.05) is 5.56 Å². The third-order valence-corrected chi connectivity index (χ3v) is 4.70. The number of carbonyl (C=O) groups excluding carboxylic acids is 1. The van der Waals surface area contributed by atoms with E-state index >= 15 is 0 Å². The maximum absolute atomic E-state index is 12.7. The summed E-state index contributed by atoms with van der Waals surface area (Å²) in [6.07, 6.45) is 0. The zero-order valence-electron chi connectivity index (χ0n) is 16.1. The first kappa shape index (κ1) is 17.9. The van der Waals surface area contributed by atoms with Crippen LogP contribution in [-0.4, -0.2) is 15.7 Å². The molecule has 0 aliphatic rings. The van der Waals surface area contributed by atoms with Crippen LogP contribution in [0.4, 0.5) is 5.69 Å². The van der Waals surface area contributed by atoms with Crippen molar-refractivity contribution < 1.29 is 4.79 Å². The summed E-state index contributed by atoms with van der Waals surface area (Å²) < 4.78 is 1.94. The number of carbonyl (C=O) groups is 1. The molecule has 1 N–H and O–H groups in total. The first-order valence-corrected chi connectivity index (χ1v) is 8.83. The highest BCUT2D eigenvalue weighted by Crippen LogP contribution is 2.22. The van der Waals surface area contributed by atoms with Crippen molar-refractivity contribution in [2.24, 2.45) is 0 Å². The van der Waals surface area contributed by atoms with Crippen molar-refractivity contribution in [1.29, 1.82) is 0 Å². The molecule has 1 aromatic heterocycles. The zero-order valence-corrected chi connectivity index (χ0v) is 16.1. The van der Waals surface area contributed by atoms with E-state index in [-0.39, 0.29) is 5.91 Å². The van der Waals surface area contributed by atoms with Crippen molar-refractivity contribution in [2.75, 3.05) is 5.32 Å². The van der Waals surface area contributed by atoms with Crippen LogP contribution >= 0.6 is 0 Å². The lowest BCUT2D eigenvalue weighted by Crippen LogP contribution is -2.14. The van der Waals surface area contributed by atoms with Crippen LogP contribution in [0.1, 0.15) is 44.0 Å². The summed E-state index contributed by atoms with van der Waals surface area (Å²) in [5, 5.41) is 7.66. The summed E-state index contributed by atoms with van der Waals surface area (Å²) in [4.78, 5) is 12.7. The summed E-state index contributed by atoms with van der Waals surface area (Å²) in [6.45, 7) is 10.7. The molecule has 2 aromatic carbocycles. The number of hydrogen-bond acceptors (Lipinski definition) is 2. The van der Waals surface area contributed by atoms with E-state index in [1.54, 1.807) is 0 Å². The van der Waals surface area contributed by atoms with E-state index in [1.807, 2.05) is 50.6 Å². The van der Waals surface area contributed by atoms with E-state index < -0.39 is 0 Å². The Bertz CT molecular complexity index is 952. The molecule has 1 heterocycles. The van der Waals surface area contributed by atoms with Gasteiger partial charge < -0.3 is 5.32 Å². The van der Waals surface area contributed by atoms with Crippen LogP contribution in [-0.2, 0) is 6.54 Å². The lowest BCUT2D eigenvalue weighted by Gasteiger charge is -2.10. The van der Waals surface area contributed by atoms with Crippen molar-refractivity contribution in [3.63, 3.8) is 0 Å². The number of amides is 1. The average molecular weight is 347 g/mol. The predicted octanol–water partition coefficient (Wildman–Crippen LogP) is 4.73. The smallest absolute Gasteiger partial charge is 0.256 e. The molecule has 0 aliphatic heterocycles. The van der Waals surface area contributed by atoms with Crippen molar-refractivity contribution in [3.8, 4) is 0 Å². The van der Waals surface area contributed by atoms with Crippen LogP contribution in [0.15, 0.2) is 42.5 Å². The highest BCUT2D eigenvalue weighted by atomic mass is 16.1. The van der Waals surface area contributed by atoms with E-state index in [0.29, 0.717) is 12.1 Å². The molecule has 0 bridgehead atoms. The summed E-state index contributed by atoms with van der Waals surface area (Å²) in [6, 6.07) is 14.3. The molecular weight excluding hydrogens is 322 g/mol. The van der Waals surface area contributed by atoms with Crippen molar-refractivity contribution in [1.82, 2.24) is 9.78 Å². The minimum atomic E-state index is -0.0939. The van der Waals surface area contributed by atoms with Crippen LogP contribution in [0.2, 0.25) is 0 Å². The zero-order chi connectivity index (χ0) is 18.8. The molecule has 0 saturated heterocycles. The molecule has 134 valence electrons. The molecule has 0 spiro atoms. The number of hydrogen-bond donors (Lipinski definition) is 1. The Hall–Kier alpha value is -2.88. The monoisotopic (exact) mass is 347 g/mol. The van der Waals surface area contributed by atoms with Crippen LogP contribution < -0.4 is 5.32 Å². The van der Waals surface area contributed by atoms with E-state index in [4.69, 9.17) is 0 Å². The first-order chi connectivity index (χ1) is 12.3. The molecule has 0 fully saturated rings. The standard InChI is InChI=1S/C22H25N3O/c1-14-6-9-19(10-7-14)13-25-18(5)21(17(4)24-25)23-22(26)20-11-8-15(2)12-16(20)3/h6-12H,13H2,1-5H3,(H,23,26). The molecule has 1 amide bonds. The molecule has 3 aromatic rings. The van der Waals surface area contributed by atoms with Gasteiger partial charge in [0.15, 0.2) is 0 Å². The minimum absolute atomic E-state index is 0.0939. The number of aromatic nitrogens is 2. The molecule has 0 aliphatic carbocycles. The van der Waals surface area contributed by atoms with Gasteiger partial charge in [-0.2, -0.15) is 5.10 Å². The number of nitrogens with zero attached hydrogens (tertiary/aromatic N) is 2. The van der Waals surface area contributed by atoms with Gasteiger partial charge in [-0.25, -0.2) is 0 Å². The molecule has 0 radical (unpaired) electrons. The molecule has 4 heteroatoms. The van der Waals surface area contributed by atoms with Crippen LogP contribution in [0.5, 0.6) is 0 Å². The number of anilines is 1. The van der Waals surface area contributed by atoms with Gasteiger partial charge in [0.25, 0.3) is 5.91 Å². The summed E-state index contributed by atoms with van der Waals surface area (Å²) in [5.74, 6) is -0.0939. The summed E-state index contributed by atoms with van der Waals surface area (Å²) in [7, 11) is 0. The van der Waals surface area contributed by atoms with Crippen molar-refractivity contribution in [2.45, 2.75) is 41.2 Å². The van der Waals surface area contributed by atoms with Crippen molar-refractivity contribution in [3.05, 3.63) is 81.7 Å². The fourth-order valence-electron chi connectivity index (χ4n) is 3.15. The fraction of sp³-hybridized carbons (Fsp3) is 0.273. The lowest BCUT2D eigenvalue weighted by molar-refractivity contribution is 0.102. The Morgan fingerprint density at radius 3 is 2.27 bits per heavy atom. The Labute approximate surface area is 154 Å². The minimum Gasteiger partial charge on any atom is -0.319 e. The van der Waals surface area contributed by atoms with Gasteiger partial charge in [-0.15, -0.1) is 0 Å². The lowest BCUT2D eigenvalue weighted by atomic mass is 10.1. The molecular formula is C22H25N3O. The maximum Gasteiger partial charge on any atom is 0.256 e. The van der Waals surface area contributed by atoms with Crippen LogP contribution in [0.25, 0.3) is 0 Å². The van der Waals surface area contributed by atoms with E-state index in [2.05, 4.69) is 41.6 Å². The Morgan fingerprint density at radius 2 is 1.62 bits per heavy atom. The van der Waals surface area contributed by atoms with Gasteiger partial charge in [0.1, 0.15) is 0 Å². The first-order valence-electron chi connectivity index (χ1n) is 8.83. The van der Waals surface area contributed by atoms with Gasteiger partial charge in [-0.05, 0) is 51.8 Å². The maximum atomic E-state index is 12.7. The topological polar surface area (TPSA) is 46.9 Å². The second kappa shape index (κ2) is 7.16. The number of rotatable bonds is 4. The second-order valence-corrected chi connectivity index (χ2v) is 6.96. The largest absolute Gasteiger partial charge is 0.319 e. The summed E-state index contributed by atoms with van der Waals surface area (Å²) in [5.41, 5.74) is 7.83. The fourth-order valence-corrected chi connectivity index (χ4v) is 3.15. The van der Waals surface area contributed by atoms with Crippen molar-refractivity contribution >= 4 is 11.6 Å². The van der Waals surface area contributed by atoms with Crippen LogP contribution in [0.3, 0.4) is 0 Å². The molecule has 0 saturated carbocycles. The second-order valence-electron chi connectivity index (χ2n) is 6.96. The van der Waals surface area contributed by atoms with Gasteiger partial charge in [0.2, 0.25) is 0 Å². The van der Waals surface area contributed by atoms with Gasteiger partial charge >= 0.3 is 0 Å². The van der Waals surface area contributed by atoms with E-state index in [1.165, 1.54) is 11.1 Å². The quantitative estimate of drug-likeness (QED) is 0.742. The predicted molar refractivity (Wildman–Crippen MR) is 106 cm³/mol. The highest BCUT2D eigenvalue weighted by molar-refractivity contribution is 6.05. The van der Waals surface area contributed by atoms with E-state index in [0.717, 1.165) is 28.2 Å². The number of nitrogens with one attached hydrogen (secondary N) is 1. The third kappa shape index (κ3) is 3.69. The van der Waals surface area contributed by atoms with Crippen LogP contribution in [0, 0.1) is 34.6 Å².